The number of aryl methyl sites for hydroxylation is 1. The number of nitrogens with zero attached hydrogens (tertiary/aromatic N) is 1. The van der Waals surface area contributed by atoms with Crippen molar-refractivity contribution in [3.8, 4) is 0 Å². The van der Waals surface area contributed by atoms with Crippen molar-refractivity contribution in [3.63, 3.8) is 0 Å². The lowest BCUT2D eigenvalue weighted by Crippen LogP contribution is -2.14. The fourth-order valence-electron chi connectivity index (χ4n) is 1.62. The standard InChI is InChI=1S/C13H13ClN2/c1-9-6-7-16-12(8-9)13(15)10-4-2-3-5-11(10)14/h2-8,13H,15H2,1H3. The Bertz CT molecular complexity index is 497. The molecule has 1 atom stereocenters. The number of aromatic nitrogens is 1. The van der Waals surface area contributed by atoms with Crippen LogP contribution in [-0.2, 0) is 0 Å². The van der Waals surface area contributed by atoms with Gasteiger partial charge in [-0.2, -0.15) is 0 Å². The maximum atomic E-state index is 6.14. The van der Waals surface area contributed by atoms with Gasteiger partial charge in [0.2, 0.25) is 0 Å². The highest BCUT2D eigenvalue weighted by Crippen LogP contribution is 2.25. The predicted octanol–water partition coefficient (Wildman–Crippen LogP) is 3.09. The van der Waals surface area contributed by atoms with Gasteiger partial charge in [-0.05, 0) is 36.2 Å². The van der Waals surface area contributed by atoms with Gasteiger partial charge in [0.25, 0.3) is 0 Å². The van der Waals surface area contributed by atoms with E-state index in [0.29, 0.717) is 5.02 Å². The summed E-state index contributed by atoms with van der Waals surface area (Å²) in [4.78, 5) is 4.27. The average Bonchev–Trinajstić information content (AvgIpc) is 2.29. The molecule has 0 saturated carbocycles. The zero-order valence-electron chi connectivity index (χ0n) is 9.02. The molecule has 0 radical (unpaired) electrons. The molecule has 2 aromatic rings. The first-order chi connectivity index (χ1) is 7.68. The molecular formula is C13H13ClN2. The maximum absolute atomic E-state index is 6.14. The van der Waals surface area contributed by atoms with Crippen molar-refractivity contribution in [1.29, 1.82) is 0 Å². The first kappa shape index (κ1) is 11.1. The summed E-state index contributed by atoms with van der Waals surface area (Å²) in [5.41, 5.74) is 9.03. The Morgan fingerprint density at radius 1 is 1.25 bits per heavy atom. The number of halogens is 1. The number of hydrogen-bond acceptors (Lipinski definition) is 2. The van der Waals surface area contributed by atoms with Gasteiger partial charge in [-0.1, -0.05) is 29.8 Å². The van der Waals surface area contributed by atoms with E-state index in [0.717, 1.165) is 16.8 Å². The molecule has 0 bridgehead atoms. The van der Waals surface area contributed by atoms with Gasteiger partial charge in [-0.25, -0.2) is 0 Å². The van der Waals surface area contributed by atoms with E-state index in [1.54, 1.807) is 6.20 Å². The molecule has 82 valence electrons. The maximum Gasteiger partial charge on any atom is 0.0740 e. The van der Waals surface area contributed by atoms with Crippen molar-refractivity contribution in [2.24, 2.45) is 5.73 Å². The molecule has 0 saturated heterocycles. The lowest BCUT2D eigenvalue weighted by molar-refractivity contribution is 0.827. The largest absolute Gasteiger partial charge is 0.319 e. The number of nitrogens with two attached hydrogens (primary N) is 1. The van der Waals surface area contributed by atoms with Gasteiger partial charge in [0.15, 0.2) is 0 Å². The molecule has 16 heavy (non-hydrogen) atoms. The third-order valence-electron chi connectivity index (χ3n) is 2.50. The number of hydrogen-bond donors (Lipinski definition) is 1. The normalized spacial score (nSPS) is 12.4. The molecule has 1 heterocycles. The van der Waals surface area contributed by atoms with Gasteiger partial charge in [-0.15, -0.1) is 0 Å². The van der Waals surface area contributed by atoms with Crippen LogP contribution in [0.3, 0.4) is 0 Å². The minimum atomic E-state index is -0.270. The Balaban J connectivity index is 2.39. The van der Waals surface area contributed by atoms with Crippen LogP contribution in [0.1, 0.15) is 22.9 Å². The van der Waals surface area contributed by atoms with E-state index in [9.17, 15) is 0 Å². The summed E-state index contributed by atoms with van der Waals surface area (Å²) in [5.74, 6) is 0. The summed E-state index contributed by atoms with van der Waals surface area (Å²) < 4.78 is 0. The first-order valence-corrected chi connectivity index (χ1v) is 5.49. The summed E-state index contributed by atoms with van der Waals surface area (Å²) in [6.45, 7) is 2.02. The topological polar surface area (TPSA) is 38.9 Å². The molecule has 0 aliphatic carbocycles. The average molecular weight is 233 g/mol. The highest BCUT2D eigenvalue weighted by atomic mass is 35.5. The Hall–Kier alpha value is -1.38. The van der Waals surface area contributed by atoms with Crippen LogP contribution in [0, 0.1) is 6.92 Å². The lowest BCUT2D eigenvalue weighted by atomic mass is 10.0. The van der Waals surface area contributed by atoms with E-state index in [2.05, 4.69) is 4.98 Å². The van der Waals surface area contributed by atoms with E-state index in [1.165, 1.54) is 0 Å². The van der Waals surface area contributed by atoms with Gasteiger partial charge in [-0.3, -0.25) is 4.98 Å². The van der Waals surface area contributed by atoms with E-state index >= 15 is 0 Å². The SMILES string of the molecule is Cc1ccnc(C(N)c2ccccc2Cl)c1. The first-order valence-electron chi connectivity index (χ1n) is 5.11. The molecule has 2 rings (SSSR count). The molecule has 0 spiro atoms. The predicted molar refractivity (Wildman–Crippen MR) is 66.5 cm³/mol. The van der Waals surface area contributed by atoms with Crippen LogP contribution in [0.5, 0.6) is 0 Å². The summed E-state index contributed by atoms with van der Waals surface area (Å²) in [6, 6.07) is 11.2. The monoisotopic (exact) mass is 232 g/mol. The second-order valence-electron chi connectivity index (χ2n) is 3.76. The van der Waals surface area contributed by atoms with E-state index < -0.39 is 0 Å². The second-order valence-corrected chi connectivity index (χ2v) is 4.16. The third kappa shape index (κ3) is 2.23. The third-order valence-corrected chi connectivity index (χ3v) is 2.84. The summed E-state index contributed by atoms with van der Waals surface area (Å²) in [5, 5.41) is 0.679. The van der Waals surface area contributed by atoms with Crippen LogP contribution < -0.4 is 5.73 Å². The fourth-order valence-corrected chi connectivity index (χ4v) is 1.87. The lowest BCUT2D eigenvalue weighted by Gasteiger charge is -2.13. The van der Waals surface area contributed by atoms with Crippen molar-refractivity contribution in [3.05, 3.63) is 64.4 Å². The quantitative estimate of drug-likeness (QED) is 0.864. The molecule has 0 fully saturated rings. The summed E-state index contributed by atoms with van der Waals surface area (Å²) >= 11 is 6.10. The smallest absolute Gasteiger partial charge is 0.0740 e. The fraction of sp³-hybridized carbons (Fsp3) is 0.154. The summed E-state index contributed by atoms with van der Waals surface area (Å²) in [7, 11) is 0. The molecule has 0 amide bonds. The Morgan fingerprint density at radius 3 is 2.69 bits per heavy atom. The van der Waals surface area contributed by atoms with Crippen molar-refractivity contribution in [1.82, 2.24) is 4.98 Å². The highest BCUT2D eigenvalue weighted by molar-refractivity contribution is 6.31. The van der Waals surface area contributed by atoms with Crippen LogP contribution in [0.2, 0.25) is 5.02 Å². The van der Waals surface area contributed by atoms with Crippen LogP contribution in [0.4, 0.5) is 0 Å². The minimum absolute atomic E-state index is 0.270. The van der Waals surface area contributed by atoms with Crippen LogP contribution in [0.15, 0.2) is 42.6 Å². The van der Waals surface area contributed by atoms with E-state index in [-0.39, 0.29) is 6.04 Å². The second kappa shape index (κ2) is 4.64. The molecule has 1 aromatic heterocycles. The van der Waals surface area contributed by atoms with Crippen molar-refractivity contribution in [2.45, 2.75) is 13.0 Å². The zero-order chi connectivity index (χ0) is 11.5. The number of pyridine rings is 1. The van der Waals surface area contributed by atoms with Crippen LogP contribution in [-0.4, -0.2) is 4.98 Å². The molecule has 3 heteroatoms. The van der Waals surface area contributed by atoms with Crippen molar-refractivity contribution >= 4 is 11.6 Å². The van der Waals surface area contributed by atoms with E-state index in [1.807, 2.05) is 43.3 Å². The highest BCUT2D eigenvalue weighted by Gasteiger charge is 2.12. The zero-order valence-corrected chi connectivity index (χ0v) is 9.78. The number of benzene rings is 1. The molecule has 2 nitrogen and oxygen atoms in total. The van der Waals surface area contributed by atoms with Gasteiger partial charge < -0.3 is 5.73 Å². The van der Waals surface area contributed by atoms with Crippen LogP contribution in [0.25, 0.3) is 0 Å². The van der Waals surface area contributed by atoms with E-state index in [4.69, 9.17) is 17.3 Å². The molecule has 1 unspecified atom stereocenters. The Morgan fingerprint density at radius 2 is 2.00 bits per heavy atom. The van der Waals surface area contributed by atoms with Gasteiger partial charge in [0.05, 0.1) is 11.7 Å². The van der Waals surface area contributed by atoms with Crippen molar-refractivity contribution < 1.29 is 0 Å². The number of rotatable bonds is 2. The molecule has 2 N–H and O–H groups in total. The van der Waals surface area contributed by atoms with Gasteiger partial charge in [0.1, 0.15) is 0 Å². The Kier molecular flexibility index (Phi) is 3.22. The molecule has 0 aliphatic heterocycles. The van der Waals surface area contributed by atoms with Crippen molar-refractivity contribution in [2.75, 3.05) is 0 Å². The summed E-state index contributed by atoms with van der Waals surface area (Å²) in [6.07, 6.45) is 1.77. The molecule has 0 aliphatic rings. The van der Waals surface area contributed by atoms with Gasteiger partial charge >= 0.3 is 0 Å². The molecular weight excluding hydrogens is 220 g/mol. The Labute approximate surface area is 100 Å². The van der Waals surface area contributed by atoms with Gasteiger partial charge in [0, 0.05) is 11.2 Å². The van der Waals surface area contributed by atoms with Crippen LogP contribution >= 0.6 is 11.6 Å². The molecule has 1 aromatic carbocycles. The minimum Gasteiger partial charge on any atom is -0.319 e.